The second kappa shape index (κ2) is 8.95. The molecular weight excluding hydrogens is 396 g/mol. The Kier molecular flexibility index (Phi) is 6.34. The van der Waals surface area contributed by atoms with Crippen LogP contribution in [0.4, 0.5) is 11.4 Å². The van der Waals surface area contributed by atoms with Crippen molar-refractivity contribution in [1.29, 1.82) is 0 Å². The summed E-state index contributed by atoms with van der Waals surface area (Å²) in [6.07, 6.45) is 0. The highest BCUT2D eigenvalue weighted by Gasteiger charge is 2.40. The largest absolute Gasteiger partial charge is 0.465 e. The molecule has 1 aliphatic heterocycles. The average molecular weight is 420 g/mol. The molecule has 0 unspecified atom stereocenters. The lowest BCUT2D eigenvalue weighted by Crippen LogP contribution is -2.16. The maximum absolute atomic E-state index is 12.6. The monoisotopic (exact) mass is 420 g/mol. The molecule has 0 saturated heterocycles. The van der Waals surface area contributed by atoms with Gasteiger partial charge in [0, 0.05) is 0 Å². The first-order chi connectivity index (χ1) is 14.8. The number of ether oxygens (including phenoxy) is 3. The number of para-hydroxylation sites is 2. The van der Waals surface area contributed by atoms with Crippen LogP contribution in [0.15, 0.2) is 57.5 Å². The predicted molar refractivity (Wildman–Crippen MR) is 118 cm³/mol. The minimum absolute atomic E-state index is 0.0605. The maximum Gasteiger partial charge on any atom is 0.344 e. The Morgan fingerprint density at radius 1 is 0.677 bits per heavy atom. The zero-order chi connectivity index (χ0) is 22.7. The molecule has 1 heterocycles. The summed E-state index contributed by atoms with van der Waals surface area (Å²) in [7, 11) is 2.45. The van der Waals surface area contributed by atoms with E-state index in [9.17, 15) is 9.59 Å². The van der Waals surface area contributed by atoms with Crippen molar-refractivity contribution in [2.45, 2.75) is 27.7 Å². The first kappa shape index (κ1) is 22.0. The van der Waals surface area contributed by atoms with Gasteiger partial charge >= 0.3 is 11.9 Å². The molecule has 0 aromatic heterocycles. The highest BCUT2D eigenvalue weighted by atomic mass is 16.5. The normalized spacial score (nSPS) is 15.9. The standard InChI is InChI=1S/C24H24N2O5/c1-13-9-7-10-14(2)19(13)25-21-17(23(27)29-5)18(24(28)30-6)22(31-21)26-20-15(3)11-8-12-16(20)4/h7-12H,1-6H3. The van der Waals surface area contributed by atoms with Crippen molar-refractivity contribution in [3.8, 4) is 0 Å². The average Bonchev–Trinajstić information content (AvgIpc) is 3.10. The third-order valence-electron chi connectivity index (χ3n) is 4.96. The quantitative estimate of drug-likeness (QED) is 0.686. The molecule has 0 bridgehead atoms. The fourth-order valence-electron chi connectivity index (χ4n) is 3.31. The van der Waals surface area contributed by atoms with Crippen molar-refractivity contribution in [3.05, 3.63) is 69.8 Å². The first-order valence-corrected chi connectivity index (χ1v) is 9.67. The van der Waals surface area contributed by atoms with Gasteiger partial charge in [-0.25, -0.2) is 19.6 Å². The number of aliphatic imine (C=N–C) groups is 2. The summed E-state index contributed by atoms with van der Waals surface area (Å²) in [6, 6.07) is 11.4. The number of methoxy groups -OCH3 is 2. The fourth-order valence-corrected chi connectivity index (χ4v) is 3.31. The van der Waals surface area contributed by atoms with Crippen LogP contribution in [0, 0.1) is 27.7 Å². The molecule has 0 radical (unpaired) electrons. The third-order valence-corrected chi connectivity index (χ3v) is 4.96. The van der Waals surface area contributed by atoms with Crippen LogP contribution in [0.3, 0.4) is 0 Å². The van der Waals surface area contributed by atoms with Gasteiger partial charge in [0.15, 0.2) is 0 Å². The van der Waals surface area contributed by atoms with E-state index in [1.807, 2.05) is 64.1 Å². The van der Waals surface area contributed by atoms with Crippen molar-refractivity contribution < 1.29 is 23.8 Å². The molecule has 160 valence electrons. The maximum atomic E-state index is 12.6. The van der Waals surface area contributed by atoms with Crippen molar-refractivity contribution in [1.82, 2.24) is 0 Å². The smallest absolute Gasteiger partial charge is 0.344 e. The van der Waals surface area contributed by atoms with Gasteiger partial charge in [0.1, 0.15) is 11.1 Å². The molecule has 7 nitrogen and oxygen atoms in total. The molecular formula is C24H24N2O5. The molecule has 0 aliphatic carbocycles. The van der Waals surface area contributed by atoms with Crippen LogP contribution in [-0.4, -0.2) is 38.0 Å². The van der Waals surface area contributed by atoms with E-state index in [0.717, 1.165) is 22.3 Å². The van der Waals surface area contributed by atoms with Gasteiger partial charge in [0.05, 0.1) is 25.6 Å². The number of hydrogen-bond donors (Lipinski definition) is 0. The summed E-state index contributed by atoms with van der Waals surface area (Å²) >= 11 is 0. The summed E-state index contributed by atoms with van der Waals surface area (Å²) in [5.41, 5.74) is 4.58. The van der Waals surface area contributed by atoms with Gasteiger partial charge in [0.25, 0.3) is 0 Å². The van der Waals surface area contributed by atoms with E-state index >= 15 is 0 Å². The minimum atomic E-state index is -0.767. The highest BCUT2D eigenvalue weighted by molar-refractivity contribution is 6.37. The van der Waals surface area contributed by atoms with Gasteiger partial charge in [-0.2, -0.15) is 0 Å². The Balaban J connectivity index is 2.29. The first-order valence-electron chi connectivity index (χ1n) is 9.67. The van der Waals surface area contributed by atoms with Crippen LogP contribution >= 0.6 is 0 Å². The molecule has 2 aromatic rings. The Hall–Kier alpha value is -3.74. The molecule has 0 amide bonds. The summed E-state index contributed by atoms with van der Waals surface area (Å²) in [4.78, 5) is 34.4. The zero-order valence-corrected chi connectivity index (χ0v) is 18.4. The lowest BCUT2D eigenvalue weighted by Gasteiger charge is -2.08. The lowest BCUT2D eigenvalue weighted by molar-refractivity contribution is -0.138. The molecule has 1 aliphatic rings. The van der Waals surface area contributed by atoms with Crippen molar-refractivity contribution in [3.63, 3.8) is 0 Å². The van der Waals surface area contributed by atoms with E-state index in [2.05, 4.69) is 9.98 Å². The molecule has 0 N–H and O–H groups in total. The Bertz CT molecular complexity index is 1030. The number of carbonyl (C=O) groups excluding carboxylic acids is 2. The van der Waals surface area contributed by atoms with Crippen LogP contribution in [0.1, 0.15) is 22.3 Å². The lowest BCUT2D eigenvalue weighted by atomic mass is 10.1. The van der Waals surface area contributed by atoms with E-state index in [-0.39, 0.29) is 22.9 Å². The van der Waals surface area contributed by atoms with Crippen molar-refractivity contribution in [2.24, 2.45) is 9.98 Å². The molecule has 31 heavy (non-hydrogen) atoms. The molecule has 0 spiro atoms. The number of benzene rings is 2. The van der Waals surface area contributed by atoms with Gasteiger partial charge in [-0.3, -0.25) is 0 Å². The van der Waals surface area contributed by atoms with Gasteiger partial charge in [0.2, 0.25) is 11.8 Å². The number of esters is 2. The van der Waals surface area contributed by atoms with Crippen LogP contribution in [0.2, 0.25) is 0 Å². The van der Waals surface area contributed by atoms with Crippen LogP contribution in [-0.2, 0) is 23.8 Å². The Morgan fingerprint density at radius 3 is 1.29 bits per heavy atom. The van der Waals surface area contributed by atoms with Crippen LogP contribution in [0.5, 0.6) is 0 Å². The second-order valence-corrected chi connectivity index (χ2v) is 7.15. The Morgan fingerprint density at radius 2 is 1.00 bits per heavy atom. The number of aryl methyl sites for hydroxylation is 4. The van der Waals surface area contributed by atoms with E-state index in [1.54, 1.807) is 0 Å². The van der Waals surface area contributed by atoms with E-state index in [0.29, 0.717) is 11.4 Å². The van der Waals surface area contributed by atoms with Crippen LogP contribution in [0.25, 0.3) is 0 Å². The number of carbonyl (C=O) groups is 2. The molecule has 2 aromatic carbocycles. The molecule has 7 heteroatoms. The molecule has 0 saturated carbocycles. The highest BCUT2D eigenvalue weighted by Crippen LogP contribution is 2.31. The fraction of sp³-hybridized carbons (Fsp3) is 0.250. The molecule has 0 fully saturated rings. The number of rotatable bonds is 4. The summed E-state index contributed by atoms with van der Waals surface area (Å²) < 4.78 is 15.7. The Labute approximate surface area is 181 Å². The van der Waals surface area contributed by atoms with Gasteiger partial charge < -0.3 is 14.2 Å². The topological polar surface area (TPSA) is 86.6 Å². The van der Waals surface area contributed by atoms with Gasteiger partial charge in [-0.05, 0) is 49.9 Å². The molecule has 3 rings (SSSR count). The van der Waals surface area contributed by atoms with Gasteiger partial charge in [-0.1, -0.05) is 36.4 Å². The van der Waals surface area contributed by atoms with E-state index in [4.69, 9.17) is 14.2 Å². The third kappa shape index (κ3) is 4.26. The van der Waals surface area contributed by atoms with Crippen LogP contribution < -0.4 is 0 Å². The number of nitrogens with zero attached hydrogens (tertiary/aromatic N) is 2. The predicted octanol–water partition coefficient (Wildman–Crippen LogP) is 4.35. The van der Waals surface area contributed by atoms with Crippen molar-refractivity contribution in [2.75, 3.05) is 14.2 Å². The SMILES string of the molecule is COC(=O)C1=C(C(=O)OC)C(=Nc2c(C)cccc2C)OC1=Nc1c(C)cccc1C. The second-order valence-electron chi connectivity index (χ2n) is 7.15. The van der Waals surface area contributed by atoms with E-state index < -0.39 is 11.9 Å². The summed E-state index contributed by atoms with van der Waals surface area (Å²) in [6.45, 7) is 7.59. The minimum Gasteiger partial charge on any atom is -0.465 e. The summed E-state index contributed by atoms with van der Waals surface area (Å²) in [5.74, 6) is -1.65. The molecule has 0 atom stereocenters. The zero-order valence-electron chi connectivity index (χ0n) is 18.4. The van der Waals surface area contributed by atoms with Crippen molar-refractivity contribution >= 4 is 35.1 Å². The van der Waals surface area contributed by atoms with E-state index in [1.165, 1.54) is 14.2 Å². The number of hydrogen-bond acceptors (Lipinski definition) is 7. The van der Waals surface area contributed by atoms with Gasteiger partial charge in [-0.15, -0.1) is 0 Å². The summed E-state index contributed by atoms with van der Waals surface area (Å²) in [5, 5.41) is 0.